The van der Waals surface area contributed by atoms with Gasteiger partial charge in [0.1, 0.15) is 0 Å². The van der Waals surface area contributed by atoms with E-state index in [2.05, 4.69) is 21.2 Å². The molecule has 0 aromatic heterocycles. The summed E-state index contributed by atoms with van der Waals surface area (Å²) in [4.78, 5) is 24.2. The molecule has 6 heteroatoms. The van der Waals surface area contributed by atoms with Gasteiger partial charge in [0, 0.05) is 10.2 Å². The first-order chi connectivity index (χ1) is 10.9. The Morgan fingerprint density at radius 3 is 2.65 bits per heavy atom. The minimum atomic E-state index is -0.946. The van der Waals surface area contributed by atoms with E-state index in [1.165, 1.54) is 6.92 Å². The van der Waals surface area contributed by atoms with Crippen LogP contribution in [0.15, 0.2) is 46.9 Å². The number of ether oxygens (including phenoxy) is 1. The Labute approximate surface area is 147 Å². The summed E-state index contributed by atoms with van der Waals surface area (Å²) in [5, 5.41) is 2.97. The van der Waals surface area contributed by atoms with Crippen molar-refractivity contribution in [1.82, 2.24) is 0 Å². The smallest absolute Gasteiger partial charge is 0.340 e. The van der Waals surface area contributed by atoms with Gasteiger partial charge in [-0.05, 0) is 49.7 Å². The van der Waals surface area contributed by atoms with Gasteiger partial charge in [0.15, 0.2) is 6.10 Å². The van der Waals surface area contributed by atoms with Crippen molar-refractivity contribution in [2.45, 2.75) is 20.0 Å². The van der Waals surface area contributed by atoms with Crippen LogP contribution in [0.2, 0.25) is 5.02 Å². The lowest BCUT2D eigenvalue weighted by Gasteiger charge is -2.14. The van der Waals surface area contributed by atoms with Crippen molar-refractivity contribution < 1.29 is 14.3 Å². The molecule has 1 atom stereocenters. The number of aryl methyl sites for hydroxylation is 1. The Hall–Kier alpha value is -1.85. The van der Waals surface area contributed by atoms with Crippen LogP contribution in [0.25, 0.3) is 0 Å². The normalized spacial score (nSPS) is 11.7. The third kappa shape index (κ3) is 4.81. The number of nitrogens with one attached hydrogen (secondary N) is 1. The minimum Gasteiger partial charge on any atom is -0.449 e. The second-order valence-electron chi connectivity index (χ2n) is 5.03. The highest BCUT2D eigenvalue weighted by Crippen LogP contribution is 2.22. The summed E-state index contributed by atoms with van der Waals surface area (Å²) in [6, 6.07) is 12.2. The minimum absolute atomic E-state index is 0.205. The fraction of sp³-hybridized carbons (Fsp3) is 0.176. The van der Waals surface area contributed by atoms with Gasteiger partial charge in [0.25, 0.3) is 5.91 Å². The average molecular weight is 397 g/mol. The van der Waals surface area contributed by atoms with Crippen molar-refractivity contribution in [2.24, 2.45) is 0 Å². The van der Waals surface area contributed by atoms with Crippen LogP contribution in [0.4, 0.5) is 5.69 Å². The second-order valence-corrected chi connectivity index (χ2v) is 6.35. The van der Waals surface area contributed by atoms with Crippen LogP contribution in [-0.4, -0.2) is 18.0 Å². The van der Waals surface area contributed by atoms with Crippen LogP contribution in [0, 0.1) is 6.92 Å². The molecule has 0 saturated carbocycles. The monoisotopic (exact) mass is 395 g/mol. The van der Waals surface area contributed by atoms with Crippen LogP contribution in [0.1, 0.15) is 22.8 Å². The summed E-state index contributed by atoms with van der Waals surface area (Å²) < 4.78 is 5.88. The summed E-state index contributed by atoms with van der Waals surface area (Å²) in [5.74, 6) is -1.06. The molecule has 4 nitrogen and oxygen atoms in total. The largest absolute Gasteiger partial charge is 0.449 e. The molecule has 0 unspecified atom stereocenters. The van der Waals surface area contributed by atoms with E-state index < -0.39 is 18.0 Å². The standard InChI is InChI=1S/C17H15BrClNO3/c1-10-4-3-5-13(8-10)20-16(21)11(2)23-17(22)14-9-12(18)6-7-15(14)19/h3-9,11H,1-2H3,(H,20,21)/t11-/m0/s1. The fourth-order valence-electron chi connectivity index (χ4n) is 1.90. The molecule has 0 bridgehead atoms. The van der Waals surface area contributed by atoms with Crippen molar-refractivity contribution in [1.29, 1.82) is 0 Å². The number of hydrogen-bond acceptors (Lipinski definition) is 3. The number of rotatable bonds is 4. The van der Waals surface area contributed by atoms with Crippen LogP contribution in [0.3, 0.4) is 0 Å². The molecule has 23 heavy (non-hydrogen) atoms. The highest BCUT2D eigenvalue weighted by molar-refractivity contribution is 9.10. The molecule has 0 fully saturated rings. The molecule has 1 N–H and O–H groups in total. The maximum Gasteiger partial charge on any atom is 0.340 e. The Morgan fingerprint density at radius 2 is 1.96 bits per heavy atom. The molecule has 120 valence electrons. The first-order valence-electron chi connectivity index (χ1n) is 6.90. The number of benzene rings is 2. The van der Waals surface area contributed by atoms with Gasteiger partial charge in [-0.3, -0.25) is 4.79 Å². The van der Waals surface area contributed by atoms with E-state index >= 15 is 0 Å². The zero-order valence-corrected chi connectivity index (χ0v) is 14.9. The maximum atomic E-state index is 12.1. The Balaban J connectivity index is 2.03. The van der Waals surface area contributed by atoms with E-state index in [1.54, 1.807) is 24.3 Å². The fourth-order valence-corrected chi connectivity index (χ4v) is 2.45. The molecule has 0 aliphatic carbocycles. The third-order valence-electron chi connectivity index (χ3n) is 3.09. The van der Waals surface area contributed by atoms with E-state index in [1.807, 2.05) is 25.1 Å². The molecule has 0 aliphatic rings. The number of carbonyl (C=O) groups is 2. The van der Waals surface area contributed by atoms with E-state index in [0.29, 0.717) is 10.2 Å². The van der Waals surface area contributed by atoms with Crippen LogP contribution in [-0.2, 0) is 9.53 Å². The zero-order valence-electron chi connectivity index (χ0n) is 12.6. The number of halogens is 2. The number of hydrogen-bond donors (Lipinski definition) is 1. The van der Waals surface area contributed by atoms with Crippen molar-refractivity contribution in [2.75, 3.05) is 5.32 Å². The van der Waals surface area contributed by atoms with Gasteiger partial charge < -0.3 is 10.1 Å². The molecular weight excluding hydrogens is 382 g/mol. The summed E-state index contributed by atoms with van der Waals surface area (Å²) in [5.41, 5.74) is 1.88. The van der Waals surface area contributed by atoms with E-state index in [-0.39, 0.29) is 10.6 Å². The topological polar surface area (TPSA) is 55.4 Å². The summed E-state index contributed by atoms with van der Waals surface area (Å²) >= 11 is 9.24. The lowest BCUT2D eigenvalue weighted by molar-refractivity contribution is -0.123. The summed E-state index contributed by atoms with van der Waals surface area (Å²) in [6.07, 6.45) is -0.946. The lowest BCUT2D eigenvalue weighted by atomic mass is 10.2. The SMILES string of the molecule is Cc1cccc(NC(=O)[C@H](C)OC(=O)c2cc(Br)ccc2Cl)c1. The molecule has 0 spiro atoms. The lowest BCUT2D eigenvalue weighted by Crippen LogP contribution is -2.30. The van der Waals surface area contributed by atoms with E-state index in [4.69, 9.17) is 16.3 Å². The van der Waals surface area contributed by atoms with E-state index in [0.717, 1.165) is 5.56 Å². The highest BCUT2D eigenvalue weighted by atomic mass is 79.9. The maximum absolute atomic E-state index is 12.1. The molecule has 0 aliphatic heterocycles. The summed E-state index contributed by atoms with van der Waals surface area (Å²) in [6.45, 7) is 3.43. The van der Waals surface area contributed by atoms with Crippen molar-refractivity contribution in [3.05, 3.63) is 63.1 Å². The van der Waals surface area contributed by atoms with Crippen molar-refractivity contribution >= 4 is 45.1 Å². The Bertz CT molecular complexity index is 748. The highest BCUT2D eigenvalue weighted by Gasteiger charge is 2.21. The molecule has 2 aromatic rings. The quantitative estimate of drug-likeness (QED) is 0.769. The van der Waals surface area contributed by atoms with Crippen LogP contribution >= 0.6 is 27.5 Å². The number of anilines is 1. The number of esters is 1. The first kappa shape index (κ1) is 17.5. The molecule has 0 heterocycles. The predicted molar refractivity (Wildman–Crippen MR) is 93.8 cm³/mol. The van der Waals surface area contributed by atoms with Gasteiger partial charge in [0.2, 0.25) is 0 Å². The van der Waals surface area contributed by atoms with Crippen LogP contribution in [0.5, 0.6) is 0 Å². The molecule has 2 aromatic carbocycles. The Morgan fingerprint density at radius 1 is 1.22 bits per heavy atom. The molecule has 0 saturated heterocycles. The van der Waals surface area contributed by atoms with Gasteiger partial charge in [0.05, 0.1) is 10.6 Å². The molecular formula is C17H15BrClNO3. The zero-order chi connectivity index (χ0) is 17.0. The van der Waals surface area contributed by atoms with Gasteiger partial charge in [-0.2, -0.15) is 0 Å². The molecule has 2 rings (SSSR count). The van der Waals surface area contributed by atoms with Gasteiger partial charge in [-0.25, -0.2) is 4.79 Å². The van der Waals surface area contributed by atoms with Gasteiger partial charge in [-0.1, -0.05) is 39.7 Å². The molecule has 0 radical (unpaired) electrons. The van der Waals surface area contributed by atoms with E-state index in [9.17, 15) is 9.59 Å². The van der Waals surface area contributed by atoms with Gasteiger partial charge >= 0.3 is 5.97 Å². The summed E-state index contributed by atoms with van der Waals surface area (Å²) in [7, 11) is 0. The van der Waals surface area contributed by atoms with Crippen molar-refractivity contribution in [3.63, 3.8) is 0 Å². The van der Waals surface area contributed by atoms with Gasteiger partial charge in [-0.15, -0.1) is 0 Å². The van der Waals surface area contributed by atoms with Crippen LogP contribution < -0.4 is 5.32 Å². The second kappa shape index (κ2) is 7.62. The number of carbonyl (C=O) groups excluding carboxylic acids is 2. The number of amides is 1. The molecule has 1 amide bonds. The van der Waals surface area contributed by atoms with Crippen molar-refractivity contribution in [3.8, 4) is 0 Å². The first-order valence-corrected chi connectivity index (χ1v) is 8.07. The third-order valence-corrected chi connectivity index (χ3v) is 3.91. The predicted octanol–water partition coefficient (Wildman–Crippen LogP) is 4.59. The Kier molecular flexibility index (Phi) is 5.80. The average Bonchev–Trinajstić information content (AvgIpc) is 2.49.